The van der Waals surface area contributed by atoms with Crippen LogP contribution in [0.15, 0.2) is 36.9 Å². The first-order valence-electron chi connectivity index (χ1n) is 4.54. The number of amides is 1. The van der Waals surface area contributed by atoms with Gasteiger partial charge in [0.25, 0.3) is 0 Å². The Morgan fingerprint density at radius 2 is 2.31 bits per heavy atom. The van der Waals surface area contributed by atoms with Crippen molar-refractivity contribution in [1.82, 2.24) is 9.55 Å². The molecule has 0 aliphatic rings. The number of rotatable bonds is 1. The minimum atomic E-state index is -0.345. The largest absolute Gasteiger partial charge is 0.506 e. The van der Waals surface area contributed by atoms with Crippen molar-refractivity contribution in [3.63, 3.8) is 0 Å². The summed E-state index contributed by atoms with van der Waals surface area (Å²) < 4.78 is 1.29. The summed E-state index contributed by atoms with van der Waals surface area (Å²) in [6.07, 6.45) is 4.42. The number of nitrogens with zero attached hydrogens (tertiary/aromatic N) is 2. The molecule has 2 rings (SSSR count). The van der Waals surface area contributed by atoms with E-state index in [4.69, 9.17) is 5.73 Å². The van der Waals surface area contributed by atoms with Crippen LogP contribution >= 0.6 is 0 Å². The second kappa shape index (κ2) is 3.93. The van der Waals surface area contributed by atoms with Gasteiger partial charge in [0.1, 0.15) is 12.1 Å². The molecule has 0 fully saturated rings. The minimum Gasteiger partial charge on any atom is -0.506 e. The van der Waals surface area contributed by atoms with Gasteiger partial charge < -0.3 is 16.2 Å². The molecule has 0 bridgehead atoms. The second-order valence-corrected chi connectivity index (χ2v) is 3.17. The van der Waals surface area contributed by atoms with Crippen molar-refractivity contribution < 1.29 is 9.90 Å². The number of aromatic hydroxyl groups is 1. The summed E-state index contributed by atoms with van der Waals surface area (Å²) in [5.41, 5.74) is 6.21. The lowest BCUT2D eigenvalue weighted by molar-refractivity contribution is 0.253. The number of nitrogens with one attached hydrogen (secondary N) is 1. The Kier molecular flexibility index (Phi) is 2.47. The molecule has 0 unspecified atom stereocenters. The Labute approximate surface area is 91.3 Å². The third-order valence-electron chi connectivity index (χ3n) is 2.02. The summed E-state index contributed by atoms with van der Waals surface area (Å²) in [5.74, 6) is -0.0133. The SMILES string of the molecule is Nc1cc(NC(=O)n2ccnc2)ccc1O. The molecule has 1 aromatic carbocycles. The molecule has 1 amide bonds. The quantitative estimate of drug-likeness (QED) is 0.381. The number of nitrogens with two attached hydrogens (primary N) is 1. The number of nitrogen functional groups attached to an aromatic ring is 1. The highest BCUT2D eigenvalue weighted by Crippen LogP contribution is 2.23. The smallest absolute Gasteiger partial charge is 0.331 e. The molecule has 82 valence electrons. The van der Waals surface area contributed by atoms with Crippen molar-refractivity contribution >= 4 is 17.4 Å². The van der Waals surface area contributed by atoms with Gasteiger partial charge >= 0.3 is 6.03 Å². The summed E-state index contributed by atoms with van der Waals surface area (Å²) >= 11 is 0. The number of phenolic OH excluding ortho intramolecular Hbond substituents is 1. The lowest BCUT2D eigenvalue weighted by atomic mass is 10.2. The molecule has 0 radical (unpaired) electrons. The van der Waals surface area contributed by atoms with Crippen LogP contribution in [0.1, 0.15) is 0 Å². The molecule has 1 aromatic heterocycles. The fourth-order valence-electron chi connectivity index (χ4n) is 1.20. The van der Waals surface area contributed by atoms with Crippen LogP contribution in [0.3, 0.4) is 0 Å². The molecular formula is C10H10N4O2. The van der Waals surface area contributed by atoms with Crippen LogP contribution in [-0.4, -0.2) is 20.7 Å². The molecule has 16 heavy (non-hydrogen) atoms. The number of hydrogen-bond donors (Lipinski definition) is 3. The predicted octanol–water partition coefficient (Wildman–Crippen LogP) is 1.25. The standard InChI is InChI=1S/C10H10N4O2/c11-8-5-7(1-2-9(8)15)13-10(16)14-4-3-12-6-14/h1-6,15H,11H2,(H,13,16). The third kappa shape index (κ3) is 1.95. The molecule has 0 spiro atoms. The molecule has 0 aliphatic heterocycles. The second-order valence-electron chi connectivity index (χ2n) is 3.17. The first kappa shape index (κ1) is 10.0. The lowest BCUT2D eigenvalue weighted by Crippen LogP contribution is -2.17. The molecular weight excluding hydrogens is 208 g/mol. The number of imidazole rings is 1. The molecule has 6 nitrogen and oxygen atoms in total. The van der Waals surface area contributed by atoms with Crippen molar-refractivity contribution in [1.29, 1.82) is 0 Å². The predicted molar refractivity (Wildman–Crippen MR) is 59.2 cm³/mol. The Hall–Kier alpha value is -2.50. The normalized spacial score (nSPS) is 10.0. The van der Waals surface area contributed by atoms with E-state index in [2.05, 4.69) is 10.3 Å². The fourth-order valence-corrected chi connectivity index (χ4v) is 1.20. The number of phenols is 1. The van der Waals surface area contributed by atoms with Crippen LogP contribution in [0.4, 0.5) is 16.2 Å². The van der Waals surface area contributed by atoms with E-state index < -0.39 is 0 Å². The van der Waals surface area contributed by atoms with Crippen molar-refractivity contribution in [3.8, 4) is 5.75 Å². The van der Waals surface area contributed by atoms with E-state index in [1.54, 1.807) is 6.07 Å². The third-order valence-corrected chi connectivity index (χ3v) is 2.02. The molecule has 0 aliphatic carbocycles. The van der Waals surface area contributed by atoms with E-state index in [9.17, 15) is 9.90 Å². The number of aromatic nitrogens is 2. The molecule has 1 heterocycles. The molecule has 6 heteroatoms. The summed E-state index contributed by atoms with van der Waals surface area (Å²) in [6, 6.07) is 4.10. The minimum absolute atomic E-state index is 0.0133. The average Bonchev–Trinajstić information content (AvgIpc) is 2.77. The van der Waals surface area contributed by atoms with E-state index in [0.717, 1.165) is 0 Å². The van der Waals surface area contributed by atoms with E-state index in [0.29, 0.717) is 5.69 Å². The van der Waals surface area contributed by atoms with Gasteiger partial charge in [0, 0.05) is 18.1 Å². The van der Waals surface area contributed by atoms with Crippen LogP contribution in [-0.2, 0) is 0 Å². The summed E-state index contributed by atoms with van der Waals surface area (Å²) in [5, 5.41) is 11.8. The molecule has 0 saturated heterocycles. The highest BCUT2D eigenvalue weighted by Gasteiger charge is 2.05. The number of anilines is 2. The van der Waals surface area contributed by atoms with E-state index >= 15 is 0 Å². The zero-order valence-electron chi connectivity index (χ0n) is 8.29. The van der Waals surface area contributed by atoms with Crippen LogP contribution < -0.4 is 11.1 Å². The Bertz CT molecular complexity index is 508. The lowest BCUT2D eigenvalue weighted by Gasteiger charge is -2.06. The first-order valence-corrected chi connectivity index (χ1v) is 4.54. The van der Waals surface area contributed by atoms with Crippen molar-refractivity contribution in [2.45, 2.75) is 0 Å². The van der Waals surface area contributed by atoms with Gasteiger partial charge in [0.2, 0.25) is 0 Å². The van der Waals surface area contributed by atoms with Crippen molar-refractivity contribution in [2.24, 2.45) is 0 Å². The summed E-state index contributed by atoms with van der Waals surface area (Å²) in [4.78, 5) is 15.3. The molecule has 0 atom stereocenters. The van der Waals surface area contributed by atoms with Crippen LogP contribution in [0.25, 0.3) is 0 Å². The fraction of sp³-hybridized carbons (Fsp3) is 0. The van der Waals surface area contributed by atoms with Crippen molar-refractivity contribution in [2.75, 3.05) is 11.1 Å². The first-order chi connectivity index (χ1) is 7.66. The maximum Gasteiger partial charge on any atom is 0.331 e. The van der Waals surface area contributed by atoms with E-state index in [-0.39, 0.29) is 17.5 Å². The number of carbonyl (C=O) groups is 1. The molecule has 2 aromatic rings. The van der Waals surface area contributed by atoms with Crippen LogP contribution in [0, 0.1) is 0 Å². The van der Waals surface area contributed by atoms with Crippen LogP contribution in [0.5, 0.6) is 5.75 Å². The average molecular weight is 218 g/mol. The maximum atomic E-state index is 11.6. The molecule has 4 N–H and O–H groups in total. The van der Waals surface area contributed by atoms with Gasteiger partial charge in [-0.1, -0.05) is 0 Å². The maximum absolute atomic E-state index is 11.6. The van der Waals surface area contributed by atoms with Gasteiger partial charge in [-0.25, -0.2) is 9.78 Å². The van der Waals surface area contributed by atoms with Gasteiger partial charge in [-0.3, -0.25) is 4.57 Å². The zero-order chi connectivity index (χ0) is 11.5. The number of hydrogen-bond acceptors (Lipinski definition) is 4. The van der Waals surface area contributed by atoms with E-state index in [1.165, 1.54) is 35.4 Å². The summed E-state index contributed by atoms with van der Waals surface area (Å²) in [7, 11) is 0. The van der Waals surface area contributed by atoms with Crippen molar-refractivity contribution in [3.05, 3.63) is 36.9 Å². The van der Waals surface area contributed by atoms with Gasteiger partial charge in [-0.15, -0.1) is 0 Å². The monoisotopic (exact) mass is 218 g/mol. The summed E-state index contributed by atoms with van der Waals surface area (Å²) in [6.45, 7) is 0. The van der Waals surface area contributed by atoms with Gasteiger partial charge in [-0.2, -0.15) is 0 Å². The van der Waals surface area contributed by atoms with Gasteiger partial charge in [0.15, 0.2) is 0 Å². The topological polar surface area (TPSA) is 93.2 Å². The Morgan fingerprint density at radius 1 is 1.50 bits per heavy atom. The Balaban J connectivity index is 2.15. The Morgan fingerprint density at radius 3 is 2.94 bits per heavy atom. The molecule has 0 saturated carbocycles. The highest BCUT2D eigenvalue weighted by atomic mass is 16.3. The highest BCUT2D eigenvalue weighted by molar-refractivity contribution is 5.91. The van der Waals surface area contributed by atoms with E-state index in [1.807, 2.05) is 0 Å². The number of benzene rings is 1. The van der Waals surface area contributed by atoms with Gasteiger partial charge in [0.05, 0.1) is 5.69 Å². The van der Waals surface area contributed by atoms with Crippen LogP contribution in [0.2, 0.25) is 0 Å². The van der Waals surface area contributed by atoms with Gasteiger partial charge in [-0.05, 0) is 18.2 Å². The zero-order valence-corrected chi connectivity index (χ0v) is 8.29. The number of carbonyl (C=O) groups excluding carboxylic acids is 1.